The summed E-state index contributed by atoms with van der Waals surface area (Å²) in [6, 6.07) is 0. The molecule has 2 aliphatic carbocycles. The Balaban J connectivity index is 1.53. The molecule has 2 saturated carbocycles. The van der Waals surface area contributed by atoms with E-state index in [1.807, 2.05) is 7.11 Å². The number of aldehydes is 1. The largest absolute Gasteiger partial charge is 0.381 e. The fourth-order valence-electron chi connectivity index (χ4n) is 4.59. The highest BCUT2D eigenvalue weighted by atomic mass is 16.5. The highest BCUT2D eigenvalue weighted by Gasteiger charge is 2.21. The van der Waals surface area contributed by atoms with E-state index in [9.17, 15) is 4.79 Å². The molecule has 2 fully saturated rings. The molecular weight excluding hydrogens is 272 g/mol. The van der Waals surface area contributed by atoms with E-state index < -0.39 is 0 Å². The fraction of sp³-hybridized carbons (Fsp3) is 0.950. The van der Waals surface area contributed by atoms with E-state index in [1.54, 1.807) is 0 Å². The zero-order valence-corrected chi connectivity index (χ0v) is 14.6. The van der Waals surface area contributed by atoms with Crippen molar-refractivity contribution < 1.29 is 9.53 Å². The minimum absolute atomic E-state index is 0.340. The zero-order chi connectivity index (χ0) is 15.6. The molecule has 0 saturated heterocycles. The first-order chi connectivity index (χ1) is 10.8. The number of carbonyl (C=O) groups is 1. The van der Waals surface area contributed by atoms with E-state index in [1.165, 1.54) is 89.8 Å². The molecule has 0 N–H and O–H groups in total. The Kier molecular flexibility index (Phi) is 8.51. The first-order valence-corrected chi connectivity index (χ1v) is 9.80. The van der Waals surface area contributed by atoms with Crippen molar-refractivity contribution in [1.29, 1.82) is 0 Å². The van der Waals surface area contributed by atoms with Gasteiger partial charge in [-0.05, 0) is 50.4 Å². The minimum Gasteiger partial charge on any atom is -0.381 e. The maximum Gasteiger partial charge on any atom is 0.123 e. The Hall–Kier alpha value is -0.370. The van der Waals surface area contributed by atoms with Crippen molar-refractivity contribution in [2.75, 3.05) is 7.11 Å². The van der Waals surface area contributed by atoms with Crippen LogP contribution >= 0.6 is 0 Å². The first kappa shape index (κ1) is 18.0. The molecule has 0 bridgehead atoms. The number of rotatable bonds is 9. The molecule has 2 heteroatoms. The number of unbranched alkanes of at least 4 members (excludes halogenated alkanes) is 1. The average Bonchev–Trinajstić information content (AvgIpc) is 2.59. The van der Waals surface area contributed by atoms with Crippen LogP contribution in [0, 0.1) is 17.8 Å². The lowest BCUT2D eigenvalue weighted by Crippen LogP contribution is -2.20. The molecule has 0 heterocycles. The lowest BCUT2D eigenvalue weighted by Gasteiger charge is -2.27. The molecule has 0 aromatic rings. The van der Waals surface area contributed by atoms with Crippen molar-refractivity contribution in [2.45, 2.75) is 96.0 Å². The van der Waals surface area contributed by atoms with Crippen LogP contribution in [0.3, 0.4) is 0 Å². The van der Waals surface area contributed by atoms with Crippen LogP contribution in [-0.4, -0.2) is 19.5 Å². The second kappa shape index (κ2) is 10.4. The fourth-order valence-corrected chi connectivity index (χ4v) is 4.59. The summed E-state index contributed by atoms with van der Waals surface area (Å²) in [6.07, 6.45) is 20.1. The van der Waals surface area contributed by atoms with Crippen molar-refractivity contribution in [2.24, 2.45) is 17.8 Å². The number of carbonyl (C=O) groups excluding carboxylic acids is 1. The van der Waals surface area contributed by atoms with Gasteiger partial charge < -0.3 is 9.53 Å². The Morgan fingerprint density at radius 3 is 2.32 bits per heavy atom. The van der Waals surface area contributed by atoms with E-state index in [-0.39, 0.29) is 0 Å². The third-order valence-electron chi connectivity index (χ3n) is 6.12. The third kappa shape index (κ3) is 6.40. The molecule has 0 amide bonds. The van der Waals surface area contributed by atoms with Crippen LogP contribution in [0.1, 0.15) is 89.9 Å². The number of hydrogen-bond donors (Lipinski definition) is 0. The predicted octanol–water partition coefficient (Wildman–Crippen LogP) is 5.54. The standard InChI is InChI=1S/C20H36O2/c1-22-20-13-11-17(12-14-20)7-5-6-10-19(16-21)15-18-8-3-2-4-9-18/h16-20H,2-15H2,1H3. The molecule has 22 heavy (non-hydrogen) atoms. The quantitative estimate of drug-likeness (QED) is 0.413. The van der Waals surface area contributed by atoms with Gasteiger partial charge in [-0.3, -0.25) is 0 Å². The molecule has 0 spiro atoms. The van der Waals surface area contributed by atoms with Crippen LogP contribution in [-0.2, 0) is 9.53 Å². The molecule has 0 radical (unpaired) electrons. The third-order valence-corrected chi connectivity index (χ3v) is 6.12. The van der Waals surface area contributed by atoms with Gasteiger partial charge in [0.1, 0.15) is 6.29 Å². The smallest absolute Gasteiger partial charge is 0.123 e. The van der Waals surface area contributed by atoms with Gasteiger partial charge in [-0.25, -0.2) is 0 Å². The zero-order valence-electron chi connectivity index (χ0n) is 14.6. The lowest BCUT2D eigenvalue weighted by molar-refractivity contribution is -0.111. The van der Waals surface area contributed by atoms with Crippen molar-refractivity contribution in [3.63, 3.8) is 0 Å². The SMILES string of the molecule is COC1CCC(CCCCC(C=O)CC2CCCCC2)CC1. The van der Waals surface area contributed by atoms with E-state index >= 15 is 0 Å². The summed E-state index contributed by atoms with van der Waals surface area (Å²) in [5.74, 6) is 2.10. The molecule has 1 unspecified atom stereocenters. The second-order valence-corrected chi connectivity index (χ2v) is 7.80. The number of methoxy groups -OCH3 is 1. The predicted molar refractivity (Wildman–Crippen MR) is 92.0 cm³/mol. The minimum atomic E-state index is 0.340. The summed E-state index contributed by atoms with van der Waals surface area (Å²) in [6.45, 7) is 0. The van der Waals surface area contributed by atoms with Gasteiger partial charge in [0.05, 0.1) is 6.10 Å². The van der Waals surface area contributed by atoms with E-state index in [0.717, 1.165) is 18.3 Å². The van der Waals surface area contributed by atoms with Gasteiger partial charge in [-0.2, -0.15) is 0 Å². The molecule has 2 rings (SSSR count). The summed E-state index contributed by atoms with van der Waals surface area (Å²) < 4.78 is 5.44. The molecule has 0 aromatic heterocycles. The Morgan fingerprint density at radius 1 is 0.955 bits per heavy atom. The van der Waals surface area contributed by atoms with E-state index in [2.05, 4.69) is 0 Å². The van der Waals surface area contributed by atoms with Crippen LogP contribution in [0.15, 0.2) is 0 Å². The highest BCUT2D eigenvalue weighted by Crippen LogP contribution is 2.32. The maximum absolute atomic E-state index is 11.3. The van der Waals surface area contributed by atoms with Gasteiger partial charge in [0, 0.05) is 13.0 Å². The van der Waals surface area contributed by atoms with Crippen LogP contribution < -0.4 is 0 Å². The topological polar surface area (TPSA) is 26.3 Å². The Labute approximate surface area is 137 Å². The second-order valence-electron chi connectivity index (χ2n) is 7.80. The van der Waals surface area contributed by atoms with Gasteiger partial charge in [-0.1, -0.05) is 51.4 Å². The highest BCUT2D eigenvalue weighted by molar-refractivity contribution is 5.53. The average molecular weight is 309 g/mol. The monoisotopic (exact) mass is 308 g/mol. The van der Waals surface area contributed by atoms with Gasteiger partial charge >= 0.3 is 0 Å². The summed E-state index contributed by atoms with van der Waals surface area (Å²) in [4.78, 5) is 11.3. The van der Waals surface area contributed by atoms with Crippen molar-refractivity contribution in [1.82, 2.24) is 0 Å². The summed E-state index contributed by atoms with van der Waals surface area (Å²) in [7, 11) is 1.84. The maximum atomic E-state index is 11.3. The normalized spacial score (nSPS) is 28.4. The van der Waals surface area contributed by atoms with Crippen LogP contribution in [0.5, 0.6) is 0 Å². The first-order valence-electron chi connectivity index (χ1n) is 9.80. The summed E-state index contributed by atoms with van der Waals surface area (Å²) in [5, 5.41) is 0. The van der Waals surface area contributed by atoms with E-state index in [4.69, 9.17) is 4.74 Å². The Morgan fingerprint density at radius 2 is 1.68 bits per heavy atom. The van der Waals surface area contributed by atoms with Gasteiger partial charge in [0.15, 0.2) is 0 Å². The van der Waals surface area contributed by atoms with Gasteiger partial charge in [-0.15, -0.1) is 0 Å². The molecule has 1 atom stereocenters. The van der Waals surface area contributed by atoms with Crippen LogP contribution in [0.4, 0.5) is 0 Å². The van der Waals surface area contributed by atoms with Crippen LogP contribution in [0.25, 0.3) is 0 Å². The van der Waals surface area contributed by atoms with E-state index in [0.29, 0.717) is 12.0 Å². The molecule has 2 nitrogen and oxygen atoms in total. The van der Waals surface area contributed by atoms with Crippen LogP contribution in [0.2, 0.25) is 0 Å². The number of ether oxygens (including phenoxy) is 1. The summed E-state index contributed by atoms with van der Waals surface area (Å²) in [5.41, 5.74) is 0. The van der Waals surface area contributed by atoms with Gasteiger partial charge in [0.2, 0.25) is 0 Å². The molecule has 128 valence electrons. The number of hydrogen-bond acceptors (Lipinski definition) is 2. The molecular formula is C20H36O2. The van der Waals surface area contributed by atoms with Crippen molar-refractivity contribution in [3.05, 3.63) is 0 Å². The summed E-state index contributed by atoms with van der Waals surface area (Å²) >= 11 is 0. The molecule has 0 aromatic carbocycles. The Bertz CT molecular complexity index is 288. The van der Waals surface area contributed by atoms with Crippen molar-refractivity contribution in [3.8, 4) is 0 Å². The molecule has 0 aliphatic heterocycles. The van der Waals surface area contributed by atoms with Crippen molar-refractivity contribution >= 4 is 6.29 Å². The lowest BCUT2D eigenvalue weighted by atomic mass is 9.81. The molecule has 2 aliphatic rings. The van der Waals surface area contributed by atoms with Gasteiger partial charge in [0.25, 0.3) is 0 Å².